The molecule has 1 aromatic carbocycles. The Morgan fingerprint density at radius 1 is 1.22 bits per heavy atom. The summed E-state index contributed by atoms with van der Waals surface area (Å²) in [5.74, 6) is 0.392. The SMILES string of the molecule is CCCCCNc1cc(C(=O)Nc2ccc(Cl)cc2C)ncn1. The summed E-state index contributed by atoms with van der Waals surface area (Å²) < 4.78 is 0. The van der Waals surface area contributed by atoms with Crippen molar-refractivity contribution in [2.75, 3.05) is 17.2 Å². The van der Waals surface area contributed by atoms with Crippen LogP contribution in [0.3, 0.4) is 0 Å². The first-order valence-corrected chi connectivity index (χ1v) is 8.11. The Morgan fingerprint density at radius 3 is 2.78 bits per heavy atom. The van der Waals surface area contributed by atoms with Gasteiger partial charge in [0.1, 0.15) is 17.8 Å². The van der Waals surface area contributed by atoms with E-state index in [9.17, 15) is 4.79 Å². The molecule has 1 amide bonds. The summed E-state index contributed by atoms with van der Waals surface area (Å²) in [4.78, 5) is 20.5. The predicted octanol–water partition coefficient (Wildman–Crippen LogP) is 4.29. The van der Waals surface area contributed by atoms with E-state index in [1.54, 1.807) is 24.3 Å². The van der Waals surface area contributed by atoms with Crippen molar-refractivity contribution in [3.05, 3.63) is 46.9 Å². The van der Waals surface area contributed by atoms with E-state index in [2.05, 4.69) is 27.5 Å². The van der Waals surface area contributed by atoms with Gasteiger partial charge in [-0.2, -0.15) is 0 Å². The van der Waals surface area contributed by atoms with Gasteiger partial charge in [-0.1, -0.05) is 31.4 Å². The van der Waals surface area contributed by atoms with E-state index in [0.29, 0.717) is 16.5 Å². The standard InChI is InChI=1S/C17H21ClN4O/c1-3-4-5-8-19-16-10-15(20-11-21-16)17(23)22-14-7-6-13(18)9-12(14)2/h6-7,9-11H,3-5,8H2,1-2H3,(H,22,23)(H,19,20,21). The van der Waals surface area contributed by atoms with Crippen molar-refractivity contribution in [3.8, 4) is 0 Å². The fourth-order valence-electron chi connectivity index (χ4n) is 2.12. The van der Waals surface area contributed by atoms with E-state index in [1.165, 1.54) is 19.2 Å². The average Bonchev–Trinajstić information content (AvgIpc) is 2.54. The number of unbranched alkanes of at least 4 members (excludes halogenated alkanes) is 2. The number of benzene rings is 1. The predicted molar refractivity (Wildman–Crippen MR) is 94.2 cm³/mol. The Labute approximate surface area is 141 Å². The third-order valence-corrected chi connectivity index (χ3v) is 3.66. The van der Waals surface area contributed by atoms with Gasteiger partial charge in [-0.15, -0.1) is 0 Å². The Kier molecular flexibility index (Phi) is 6.35. The van der Waals surface area contributed by atoms with E-state index >= 15 is 0 Å². The molecule has 0 bridgehead atoms. The summed E-state index contributed by atoms with van der Waals surface area (Å²) in [5.41, 5.74) is 1.95. The number of nitrogens with zero attached hydrogens (tertiary/aromatic N) is 2. The zero-order valence-corrected chi connectivity index (χ0v) is 14.2. The molecule has 0 radical (unpaired) electrons. The molecule has 0 atom stereocenters. The van der Waals surface area contributed by atoms with Gasteiger partial charge in [-0.3, -0.25) is 4.79 Å². The maximum Gasteiger partial charge on any atom is 0.274 e. The molecular formula is C17H21ClN4O. The molecule has 6 heteroatoms. The average molecular weight is 333 g/mol. The van der Waals surface area contributed by atoms with Crippen LogP contribution >= 0.6 is 11.6 Å². The number of aryl methyl sites for hydroxylation is 1. The number of carbonyl (C=O) groups is 1. The van der Waals surface area contributed by atoms with Crippen molar-refractivity contribution < 1.29 is 4.79 Å². The molecule has 5 nitrogen and oxygen atoms in total. The molecule has 0 fully saturated rings. The molecule has 122 valence electrons. The fourth-order valence-corrected chi connectivity index (χ4v) is 2.35. The number of carbonyl (C=O) groups excluding carboxylic acids is 1. The molecule has 0 saturated carbocycles. The second kappa shape index (κ2) is 8.48. The summed E-state index contributed by atoms with van der Waals surface area (Å²) in [6.45, 7) is 4.89. The topological polar surface area (TPSA) is 66.9 Å². The smallest absolute Gasteiger partial charge is 0.274 e. The van der Waals surface area contributed by atoms with E-state index < -0.39 is 0 Å². The Morgan fingerprint density at radius 2 is 2.04 bits per heavy atom. The molecule has 0 unspecified atom stereocenters. The van der Waals surface area contributed by atoms with Crippen molar-refractivity contribution in [3.63, 3.8) is 0 Å². The third kappa shape index (κ3) is 5.21. The first-order valence-electron chi connectivity index (χ1n) is 7.73. The van der Waals surface area contributed by atoms with Gasteiger partial charge in [0.2, 0.25) is 0 Å². The molecule has 2 aromatic rings. The van der Waals surface area contributed by atoms with Crippen LogP contribution in [0.15, 0.2) is 30.6 Å². The molecule has 23 heavy (non-hydrogen) atoms. The van der Waals surface area contributed by atoms with E-state index in [1.807, 2.05) is 6.92 Å². The number of amides is 1. The van der Waals surface area contributed by atoms with Gasteiger partial charge in [0.05, 0.1) is 0 Å². The lowest BCUT2D eigenvalue weighted by molar-refractivity contribution is 0.102. The quantitative estimate of drug-likeness (QED) is 0.742. The van der Waals surface area contributed by atoms with Crippen LogP contribution in [-0.2, 0) is 0 Å². The van der Waals surface area contributed by atoms with Crippen molar-refractivity contribution in [2.24, 2.45) is 0 Å². The maximum atomic E-state index is 12.3. The highest BCUT2D eigenvalue weighted by molar-refractivity contribution is 6.30. The molecule has 0 aliphatic heterocycles. The van der Waals surface area contributed by atoms with Gasteiger partial charge in [0, 0.05) is 23.3 Å². The second-order valence-electron chi connectivity index (χ2n) is 5.34. The minimum Gasteiger partial charge on any atom is -0.370 e. The number of rotatable bonds is 7. The summed E-state index contributed by atoms with van der Waals surface area (Å²) in [5, 5.41) is 6.69. The lowest BCUT2D eigenvalue weighted by atomic mass is 10.2. The van der Waals surface area contributed by atoms with Crippen LogP contribution in [0.2, 0.25) is 5.02 Å². The van der Waals surface area contributed by atoms with E-state index in [0.717, 1.165) is 24.2 Å². The number of anilines is 2. The highest BCUT2D eigenvalue weighted by Crippen LogP contribution is 2.20. The monoisotopic (exact) mass is 332 g/mol. The van der Waals surface area contributed by atoms with Gasteiger partial charge in [-0.05, 0) is 37.1 Å². The van der Waals surface area contributed by atoms with Crippen LogP contribution < -0.4 is 10.6 Å². The Hall–Kier alpha value is -2.14. The van der Waals surface area contributed by atoms with Crippen LogP contribution in [0.4, 0.5) is 11.5 Å². The van der Waals surface area contributed by atoms with Gasteiger partial charge in [-0.25, -0.2) is 9.97 Å². The molecule has 2 rings (SSSR count). The van der Waals surface area contributed by atoms with Crippen LogP contribution in [0.1, 0.15) is 42.2 Å². The molecule has 0 aliphatic rings. The summed E-state index contributed by atoms with van der Waals surface area (Å²) in [6.07, 6.45) is 4.80. The largest absolute Gasteiger partial charge is 0.370 e. The van der Waals surface area contributed by atoms with Crippen molar-refractivity contribution >= 4 is 29.0 Å². The van der Waals surface area contributed by atoms with Crippen LogP contribution in [0, 0.1) is 6.92 Å². The number of aromatic nitrogens is 2. The van der Waals surface area contributed by atoms with Crippen molar-refractivity contribution in [2.45, 2.75) is 33.1 Å². The Bertz CT molecular complexity index is 675. The van der Waals surface area contributed by atoms with Crippen LogP contribution in [0.5, 0.6) is 0 Å². The summed E-state index contributed by atoms with van der Waals surface area (Å²) >= 11 is 5.92. The fraction of sp³-hybridized carbons (Fsp3) is 0.353. The first kappa shape index (κ1) is 17.2. The van der Waals surface area contributed by atoms with Gasteiger partial charge >= 0.3 is 0 Å². The summed E-state index contributed by atoms with van der Waals surface area (Å²) in [7, 11) is 0. The second-order valence-corrected chi connectivity index (χ2v) is 5.77. The zero-order valence-electron chi connectivity index (χ0n) is 13.4. The minimum atomic E-state index is -0.269. The lowest BCUT2D eigenvalue weighted by Crippen LogP contribution is -2.15. The van der Waals surface area contributed by atoms with Gasteiger partial charge in [0.25, 0.3) is 5.91 Å². The molecule has 1 aromatic heterocycles. The van der Waals surface area contributed by atoms with E-state index in [-0.39, 0.29) is 5.91 Å². The maximum absolute atomic E-state index is 12.3. The molecule has 0 saturated heterocycles. The highest BCUT2D eigenvalue weighted by Gasteiger charge is 2.10. The van der Waals surface area contributed by atoms with Crippen LogP contribution in [-0.4, -0.2) is 22.4 Å². The third-order valence-electron chi connectivity index (χ3n) is 3.42. The highest BCUT2D eigenvalue weighted by atomic mass is 35.5. The number of halogens is 1. The number of hydrogen-bond acceptors (Lipinski definition) is 4. The minimum absolute atomic E-state index is 0.269. The van der Waals surface area contributed by atoms with Crippen molar-refractivity contribution in [1.82, 2.24) is 9.97 Å². The Balaban J connectivity index is 2.01. The number of hydrogen-bond donors (Lipinski definition) is 2. The van der Waals surface area contributed by atoms with E-state index in [4.69, 9.17) is 11.6 Å². The van der Waals surface area contributed by atoms with Gasteiger partial charge < -0.3 is 10.6 Å². The number of nitrogens with one attached hydrogen (secondary N) is 2. The lowest BCUT2D eigenvalue weighted by Gasteiger charge is -2.09. The first-order chi connectivity index (χ1) is 11.1. The molecule has 2 N–H and O–H groups in total. The summed E-state index contributed by atoms with van der Waals surface area (Å²) in [6, 6.07) is 6.98. The van der Waals surface area contributed by atoms with Gasteiger partial charge in [0.15, 0.2) is 0 Å². The van der Waals surface area contributed by atoms with Crippen LogP contribution in [0.25, 0.3) is 0 Å². The molecular weight excluding hydrogens is 312 g/mol. The molecule has 1 heterocycles. The molecule has 0 aliphatic carbocycles. The zero-order chi connectivity index (χ0) is 16.7. The normalized spacial score (nSPS) is 10.4. The van der Waals surface area contributed by atoms with Crippen molar-refractivity contribution in [1.29, 1.82) is 0 Å². The molecule has 0 spiro atoms.